The summed E-state index contributed by atoms with van der Waals surface area (Å²) in [5.41, 5.74) is 1.58. The molecule has 0 N–H and O–H groups in total. The van der Waals surface area contributed by atoms with E-state index in [2.05, 4.69) is 30.3 Å². The third-order valence-electron chi connectivity index (χ3n) is 5.95. The maximum absolute atomic E-state index is 6.67. The van der Waals surface area contributed by atoms with Crippen LogP contribution in [0.1, 0.15) is 37.7 Å². The Balaban J connectivity index is 1.34. The van der Waals surface area contributed by atoms with Crippen LogP contribution in [0.4, 0.5) is 0 Å². The van der Waals surface area contributed by atoms with Crippen molar-refractivity contribution < 1.29 is 4.74 Å². The maximum atomic E-state index is 6.67. The molecule has 4 aliphatic rings. The summed E-state index contributed by atoms with van der Waals surface area (Å²) in [4.78, 5) is 0. The second-order valence-electron chi connectivity index (χ2n) is 7.25. The van der Waals surface area contributed by atoms with Gasteiger partial charge in [0.25, 0.3) is 0 Å². The first-order valence-corrected chi connectivity index (χ1v) is 8.48. The van der Waals surface area contributed by atoms with Crippen LogP contribution in [0.15, 0.2) is 30.3 Å². The van der Waals surface area contributed by atoms with E-state index in [0.29, 0.717) is 5.41 Å². The lowest BCUT2D eigenvalue weighted by atomic mass is 9.70. The van der Waals surface area contributed by atoms with Gasteiger partial charge in [0, 0.05) is 5.41 Å². The van der Waals surface area contributed by atoms with Crippen molar-refractivity contribution in [2.24, 2.45) is 23.2 Å². The lowest BCUT2D eigenvalue weighted by molar-refractivity contribution is -0.0186. The predicted molar refractivity (Wildman–Crippen MR) is 81.7 cm³/mol. The minimum Gasteiger partial charge on any atom is -0.362 e. The van der Waals surface area contributed by atoms with Crippen LogP contribution in [-0.4, -0.2) is 12.2 Å². The standard InChI is InChI=1S/C18H23ClO/c19-17(20-7-6-13-4-2-1-3-5-13)18-10-14-8-15(11-18)16(9-14)12-18/h1-5,14-17H,6-12H2. The molecule has 0 amide bonds. The van der Waals surface area contributed by atoms with Crippen LogP contribution in [0, 0.1) is 23.2 Å². The fourth-order valence-corrected chi connectivity index (χ4v) is 5.61. The molecule has 0 radical (unpaired) electrons. The monoisotopic (exact) mass is 290 g/mol. The van der Waals surface area contributed by atoms with Crippen molar-refractivity contribution in [3.8, 4) is 0 Å². The van der Waals surface area contributed by atoms with Crippen molar-refractivity contribution in [1.29, 1.82) is 0 Å². The summed E-state index contributed by atoms with van der Waals surface area (Å²) in [6.07, 6.45) is 7.89. The van der Waals surface area contributed by atoms with Crippen LogP contribution in [-0.2, 0) is 11.2 Å². The van der Waals surface area contributed by atoms with Gasteiger partial charge in [-0.2, -0.15) is 0 Å². The molecule has 3 unspecified atom stereocenters. The Labute approximate surface area is 126 Å². The molecule has 0 aromatic heterocycles. The first-order chi connectivity index (χ1) is 9.75. The van der Waals surface area contributed by atoms with Crippen molar-refractivity contribution >= 4 is 11.6 Å². The molecule has 0 spiro atoms. The van der Waals surface area contributed by atoms with Gasteiger partial charge >= 0.3 is 0 Å². The summed E-state index contributed by atoms with van der Waals surface area (Å²) < 4.78 is 6.04. The van der Waals surface area contributed by atoms with Gasteiger partial charge in [-0.05, 0) is 61.8 Å². The lowest BCUT2D eigenvalue weighted by Gasteiger charge is -2.41. The molecule has 5 rings (SSSR count). The zero-order valence-corrected chi connectivity index (χ0v) is 12.7. The highest BCUT2D eigenvalue weighted by Crippen LogP contribution is 2.66. The largest absolute Gasteiger partial charge is 0.362 e. The van der Waals surface area contributed by atoms with E-state index in [1.807, 2.05) is 0 Å². The quantitative estimate of drug-likeness (QED) is 0.718. The van der Waals surface area contributed by atoms with Gasteiger partial charge in [-0.25, -0.2) is 0 Å². The van der Waals surface area contributed by atoms with Crippen LogP contribution >= 0.6 is 11.6 Å². The molecule has 3 atom stereocenters. The van der Waals surface area contributed by atoms with Crippen molar-refractivity contribution in [2.45, 2.75) is 44.1 Å². The second-order valence-corrected chi connectivity index (χ2v) is 7.65. The molecule has 20 heavy (non-hydrogen) atoms. The highest BCUT2D eigenvalue weighted by Gasteiger charge is 2.58. The van der Waals surface area contributed by atoms with Gasteiger partial charge in [0.05, 0.1) is 6.61 Å². The summed E-state index contributed by atoms with van der Waals surface area (Å²) in [6.45, 7) is 0.750. The number of hydrogen-bond donors (Lipinski definition) is 0. The molecule has 108 valence electrons. The van der Waals surface area contributed by atoms with Crippen LogP contribution in [0.25, 0.3) is 0 Å². The molecule has 4 aliphatic carbocycles. The Morgan fingerprint density at radius 1 is 1.10 bits per heavy atom. The summed E-state index contributed by atoms with van der Waals surface area (Å²) in [6, 6.07) is 10.5. The number of ether oxygens (including phenoxy) is 1. The Morgan fingerprint density at radius 2 is 1.80 bits per heavy atom. The molecule has 0 saturated heterocycles. The highest BCUT2D eigenvalue weighted by atomic mass is 35.5. The van der Waals surface area contributed by atoms with Crippen LogP contribution in [0.5, 0.6) is 0 Å². The third-order valence-corrected chi connectivity index (χ3v) is 6.54. The normalized spacial score (nSPS) is 39.4. The average Bonchev–Trinajstić information content (AvgIpc) is 2.88. The fraction of sp³-hybridized carbons (Fsp3) is 0.667. The van der Waals surface area contributed by atoms with Gasteiger partial charge in [-0.1, -0.05) is 41.9 Å². The summed E-state index contributed by atoms with van der Waals surface area (Å²) in [7, 11) is 0. The lowest BCUT2D eigenvalue weighted by Crippen LogP contribution is -2.37. The van der Waals surface area contributed by atoms with E-state index >= 15 is 0 Å². The Kier molecular flexibility index (Phi) is 3.31. The maximum Gasteiger partial charge on any atom is 0.136 e. The molecule has 0 heterocycles. The SMILES string of the molecule is ClC(OCCc1ccccc1)C12CC3CC(C1)C(C3)C2. The first kappa shape index (κ1) is 13.2. The van der Waals surface area contributed by atoms with E-state index in [0.717, 1.165) is 30.8 Å². The number of rotatable bonds is 5. The van der Waals surface area contributed by atoms with Gasteiger partial charge < -0.3 is 4.74 Å². The van der Waals surface area contributed by atoms with Gasteiger partial charge in [0.2, 0.25) is 0 Å². The summed E-state index contributed by atoms with van der Waals surface area (Å²) in [5, 5.41) is 0. The minimum atomic E-state index is -0.0678. The Morgan fingerprint density at radius 3 is 2.45 bits per heavy atom. The molecule has 4 saturated carbocycles. The molecule has 1 nitrogen and oxygen atoms in total. The molecular weight excluding hydrogens is 268 g/mol. The number of halogens is 1. The number of benzene rings is 1. The molecule has 1 aromatic rings. The average molecular weight is 291 g/mol. The van der Waals surface area contributed by atoms with Gasteiger partial charge in [-0.3, -0.25) is 0 Å². The Hall–Kier alpha value is -0.530. The van der Waals surface area contributed by atoms with Gasteiger partial charge in [0.1, 0.15) is 5.56 Å². The molecular formula is C18H23ClO. The second kappa shape index (κ2) is 5.03. The highest BCUT2D eigenvalue weighted by molar-refractivity contribution is 6.20. The van der Waals surface area contributed by atoms with Crippen LogP contribution < -0.4 is 0 Å². The molecule has 4 fully saturated rings. The van der Waals surface area contributed by atoms with E-state index in [1.54, 1.807) is 0 Å². The van der Waals surface area contributed by atoms with E-state index in [1.165, 1.54) is 37.7 Å². The van der Waals surface area contributed by atoms with Crippen molar-refractivity contribution in [2.75, 3.05) is 6.61 Å². The van der Waals surface area contributed by atoms with E-state index in [4.69, 9.17) is 16.3 Å². The molecule has 4 bridgehead atoms. The molecule has 2 heteroatoms. The van der Waals surface area contributed by atoms with Crippen LogP contribution in [0.2, 0.25) is 0 Å². The van der Waals surface area contributed by atoms with Gasteiger partial charge in [-0.15, -0.1) is 0 Å². The van der Waals surface area contributed by atoms with E-state index < -0.39 is 0 Å². The summed E-state index contributed by atoms with van der Waals surface area (Å²) >= 11 is 6.67. The molecule has 1 aromatic carbocycles. The first-order valence-electron chi connectivity index (χ1n) is 8.05. The minimum absolute atomic E-state index is 0.0678. The predicted octanol–water partition coefficient (Wildman–Crippen LogP) is 4.64. The number of hydrogen-bond acceptors (Lipinski definition) is 1. The fourth-order valence-electron chi connectivity index (χ4n) is 5.25. The van der Waals surface area contributed by atoms with Crippen LogP contribution in [0.3, 0.4) is 0 Å². The van der Waals surface area contributed by atoms with Crippen molar-refractivity contribution in [1.82, 2.24) is 0 Å². The van der Waals surface area contributed by atoms with Gasteiger partial charge in [0.15, 0.2) is 0 Å². The zero-order chi connectivity index (χ0) is 13.6. The summed E-state index contributed by atoms with van der Waals surface area (Å²) in [5.74, 6) is 2.88. The zero-order valence-electron chi connectivity index (χ0n) is 11.9. The third kappa shape index (κ3) is 2.19. The van der Waals surface area contributed by atoms with Crippen molar-refractivity contribution in [3.05, 3.63) is 35.9 Å². The molecule has 0 aliphatic heterocycles. The number of alkyl halides is 1. The smallest absolute Gasteiger partial charge is 0.136 e. The van der Waals surface area contributed by atoms with E-state index in [9.17, 15) is 0 Å². The van der Waals surface area contributed by atoms with E-state index in [-0.39, 0.29) is 5.56 Å². The van der Waals surface area contributed by atoms with Crippen molar-refractivity contribution in [3.63, 3.8) is 0 Å². The Bertz CT molecular complexity index is 452. The topological polar surface area (TPSA) is 9.23 Å².